The zero-order chi connectivity index (χ0) is 17.8. The van der Waals surface area contributed by atoms with Gasteiger partial charge in [0, 0.05) is 24.4 Å². The van der Waals surface area contributed by atoms with E-state index in [4.69, 9.17) is 0 Å². The second-order valence-electron chi connectivity index (χ2n) is 5.34. The van der Waals surface area contributed by atoms with E-state index in [-0.39, 0.29) is 30.6 Å². The van der Waals surface area contributed by atoms with Crippen LogP contribution in [0.4, 0.5) is 15.2 Å². The Hall–Kier alpha value is -2.26. The van der Waals surface area contributed by atoms with Crippen molar-refractivity contribution in [1.82, 2.24) is 10.2 Å². The van der Waals surface area contributed by atoms with Gasteiger partial charge in [-0.3, -0.25) is 9.59 Å². The zero-order valence-electron chi connectivity index (χ0n) is 13.1. The topological polar surface area (TPSA) is 75.2 Å². The van der Waals surface area contributed by atoms with Gasteiger partial charge in [-0.15, -0.1) is 16.8 Å². The molecule has 1 aromatic carbocycles. The highest BCUT2D eigenvalue weighted by molar-refractivity contribution is 8.01. The molecule has 1 aromatic heterocycles. The fourth-order valence-electron chi connectivity index (χ4n) is 2.41. The molecule has 2 amide bonds. The van der Waals surface area contributed by atoms with Crippen LogP contribution in [-0.4, -0.2) is 34.3 Å². The highest BCUT2D eigenvalue weighted by atomic mass is 32.2. The lowest BCUT2D eigenvalue weighted by atomic mass is 10.1. The molecule has 0 saturated carbocycles. The minimum Gasteiger partial charge on any atom is -0.312 e. The van der Waals surface area contributed by atoms with Crippen molar-refractivity contribution in [1.29, 1.82) is 0 Å². The number of amides is 2. The van der Waals surface area contributed by atoms with E-state index in [1.165, 1.54) is 52.3 Å². The number of hydrogen-bond donors (Lipinski definition) is 1. The summed E-state index contributed by atoms with van der Waals surface area (Å²) in [6.07, 6.45) is 1.87. The van der Waals surface area contributed by atoms with E-state index in [9.17, 15) is 14.0 Å². The Balaban J connectivity index is 1.61. The maximum absolute atomic E-state index is 13.0. The van der Waals surface area contributed by atoms with Crippen LogP contribution in [0.5, 0.6) is 0 Å². The number of carbonyl (C=O) groups excluding carboxylic acids is 2. The number of nitrogens with one attached hydrogen (secondary N) is 1. The molecule has 130 valence electrons. The minimum atomic E-state index is -0.481. The van der Waals surface area contributed by atoms with Gasteiger partial charge in [0.15, 0.2) is 4.34 Å². The molecule has 2 heterocycles. The third kappa shape index (κ3) is 4.23. The van der Waals surface area contributed by atoms with E-state index in [1.54, 1.807) is 6.08 Å². The average Bonchev–Trinajstić information content (AvgIpc) is 3.20. The molecule has 6 nitrogen and oxygen atoms in total. The van der Waals surface area contributed by atoms with Crippen LogP contribution < -0.4 is 10.2 Å². The lowest BCUT2D eigenvalue weighted by Gasteiger charge is -2.16. The van der Waals surface area contributed by atoms with E-state index in [0.29, 0.717) is 16.6 Å². The monoisotopic (exact) mass is 378 g/mol. The van der Waals surface area contributed by atoms with Crippen molar-refractivity contribution in [3.8, 4) is 0 Å². The van der Waals surface area contributed by atoms with Crippen molar-refractivity contribution in [2.75, 3.05) is 22.5 Å². The van der Waals surface area contributed by atoms with Gasteiger partial charge in [0.1, 0.15) is 5.82 Å². The molecule has 3 rings (SSSR count). The fourth-order valence-corrected chi connectivity index (χ4v) is 3.93. The Morgan fingerprint density at radius 2 is 2.20 bits per heavy atom. The molecule has 1 fully saturated rings. The van der Waals surface area contributed by atoms with Gasteiger partial charge >= 0.3 is 0 Å². The SMILES string of the molecule is C=CCSc1nnc(NC(=O)[C@@H]2CC(=O)N(c3ccc(F)cc3)C2)s1. The fraction of sp³-hybridized carbons (Fsp3) is 0.250. The quantitative estimate of drug-likeness (QED) is 0.475. The highest BCUT2D eigenvalue weighted by Crippen LogP contribution is 2.28. The van der Waals surface area contributed by atoms with Gasteiger partial charge in [0.05, 0.1) is 5.92 Å². The summed E-state index contributed by atoms with van der Waals surface area (Å²) in [5.41, 5.74) is 0.584. The van der Waals surface area contributed by atoms with Crippen molar-refractivity contribution < 1.29 is 14.0 Å². The van der Waals surface area contributed by atoms with Crippen molar-refractivity contribution in [2.24, 2.45) is 5.92 Å². The summed E-state index contributed by atoms with van der Waals surface area (Å²) in [7, 11) is 0. The van der Waals surface area contributed by atoms with Gasteiger partial charge in [-0.05, 0) is 24.3 Å². The van der Waals surface area contributed by atoms with Gasteiger partial charge in [-0.2, -0.15) is 0 Å². The molecule has 0 spiro atoms. The largest absolute Gasteiger partial charge is 0.312 e. The van der Waals surface area contributed by atoms with Crippen LogP contribution in [0.15, 0.2) is 41.3 Å². The van der Waals surface area contributed by atoms with E-state index in [1.807, 2.05) is 0 Å². The van der Waals surface area contributed by atoms with E-state index in [0.717, 1.165) is 4.34 Å². The molecule has 0 radical (unpaired) electrons. The lowest BCUT2D eigenvalue weighted by Crippen LogP contribution is -2.28. The van der Waals surface area contributed by atoms with Crippen LogP contribution in [0.2, 0.25) is 0 Å². The smallest absolute Gasteiger partial charge is 0.231 e. The number of carbonyl (C=O) groups is 2. The summed E-state index contributed by atoms with van der Waals surface area (Å²) in [5, 5.41) is 11.0. The molecule has 9 heteroatoms. The number of aromatic nitrogens is 2. The number of anilines is 2. The zero-order valence-corrected chi connectivity index (χ0v) is 14.8. The number of thioether (sulfide) groups is 1. The Bertz CT molecular complexity index is 794. The summed E-state index contributed by atoms with van der Waals surface area (Å²) in [6, 6.07) is 5.64. The maximum Gasteiger partial charge on any atom is 0.231 e. The van der Waals surface area contributed by atoms with Crippen LogP contribution in [0.3, 0.4) is 0 Å². The predicted molar refractivity (Wildman–Crippen MR) is 96.3 cm³/mol. The van der Waals surface area contributed by atoms with E-state index < -0.39 is 5.92 Å². The summed E-state index contributed by atoms with van der Waals surface area (Å²) in [5.74, 6) is -0.566. The first-order valence-corrected chi connectivity index (χ1v) is 9.31. The first kappa shape index (κ1) is 17.6. The molecule has 0 aliphatic carbocycles. The molecule has 1 aliphatic heterocycles. The molecule has 25 heavy (non-hydrogen) atoms. The van der Waals surface area contributed by atoms with E-state index >= 15 is 0 Å². The third-order valence-corrected chi connectivity index (χ3v) is 5.56. The van der Waals surface area contributed by atoms with Crippen LogP contribution in [0.25, 0.3) is 0 Å². The second kappa shape index (κ2) is 7.75. The number of benzene rings is 1. The Kier molecular flexibility index (Phi) is 5.44. The summed E-state index contributed by atoms with van der Waals surface area (Å²) < 4.78 is 13.8. The molecule has 1 N–H and O–H groups in total. The van der Waals surface area contributed by atoms with Crippen molar-refractivity contribution in [2.45, 2.75) is 10.8 Å². The number of halogens is 1. The first-order valence-electron chi connectivity index (χ1n) is 7.51. The molecule has 0 unspecified atom stereocenters. The van der Waals surface area contributed by atoms with Gasteiger partial charge in [0.2, 0.25) is 16.9 Å². The Morgan fingerprint density at radius 3 is 2.92 bits per heavy atom. The minimum absolute atomic E-state index is 0.111. The molecule has 1 saturated heterocycles. The summed E-state index contributed by atoms with van der Waals surface area (Å²) in [6.45, 7) is 3.89. The molecule has 1 aliphatic rings. The predicted octanol–water partition coefficient (Wildman–Crippen LogP) is 2.95. The Labute approximate surface area is 152 Å². The average molecular weight is 378 g/mol. The van der Waals surface area contributed by atoms with Crippen molar-refractivity contribution in [3.05, 3.63) is 42.7 Å². The van der Waals surface area contributed by atoms with Crippen LogP contribution in [0, 0.1) is 11.7 Å². The van der Waals surface area contributed by atoms with Crippen molar-refractivity contribution in [3.63, 3.8) is 0 Å². The van der Waals surface area contributed by atoms with Gasteiger partial charge in [-0.1, -0.05) is 29.2 Å². The maximum atomic E-state index is 13.0. The molecule has 2 aromatic rings. The summed E-state index contributed by atoms with van der Waals surface area (Å²) in [4.78, 5) is 26.0. The number of rotatable bonds is 6. The standard InChI is InChI=1S/C16H15FN4O2S2/c1-2-7-24-16-20-19-15(25-16)18-14(23)10-8-13(22)21(9-10)12-5-3-11(17)4-6-12/h2-6,10H,1,7-9H2,(H,18,19,23)/t10-/m1/s1. The van der Waals surface area contributed by atoms with Gasteiger partial charge < -0.3 is 10.2 Å². The van der Waals surface area contributed by atoms with E-state index in [2.05, 4.69) is 22.1 Å². The number of hydrogen-bond acceptors (Lipinski definition) is 6. The first-order chi connectivity index (χ1) is 12.1. The molecule has 1 atom stereocenters. The highest BCUT2D eigenvalue weighted by Gasteiger charge is 2.35. The lowest BCUT2D eigenvalue weighted by molar-refractivity contribution is -0.122. The van der Waals surface area contributed by atoms with Gasteiger partial charge in [-0.25, -0.2) is 4.39 Å². The number of nitrogens with zero attached hydrogens (tertiary/aromatic N) is 3. The second-order valence-corrected chi connectivity index (χ2v) is 7.59. The molecular formula is C16H15FN4O2S2. The van der Waals surface area contributed by atoms with Crippen LogP contribution in [0.1, 0.15) is 6.42 Å². The molecule has 0 bridgehead atoms. The third-order valence-electron chi connectivity index (χ3n) is 3.60. The molecular weight excluding hydrogens is 363 g/mol. The van der Waals surface area contributed by atoms with Crippen LogP contribution in [-0.2, 0) is 9.59 Å². The van der Waals surface area contributed by atoms with Gasteiger partial charge in [0.25, 0.3) is 0 Å². The van der Waals surface area contributed by atoms with Crippen molar-refractivity contribution >= 4 is 45.7 Å². The van der Waals surface area contributed by atoms with Crippen LogP contribution >= 0.6 is 23.1 Å². The summed E-state index contributed by atoms with van der Waals surface area (Å²) >= 11 is 2.76. The normalized spacial score (nSPS) is 16.9. The Morgan fingerprint density at radius 1 is 1.44 bits per heavy atom.